The summed E-state index contributed by atoms with van der Waals surface area (Å²) in [6, 6.07) is 12.8. The lowest BCUT2D eigenvalue weighted by molar-refractivity contribution is -0.384. The van der Waals surface area contributed by atoms with Crippen molar-refractivity contribution in [3.05, 3.63) is 70.3 Å². The maximum absolute atomic E-state index is 12.0. The second kappa shape index (κ2) is 10.7. The Labute approximate surface area is 173 Å². The van der Waals surface area contributed by atoms with Crippen molar-refractivity contribution in [2.75, 3.05) is 10.6 Å². The molecule has 0 saturated heterocycles. The van der Waals surface area contributed by atoms with E-state index >= 15 is 0 Å². The van der Waals surface area contributed by atoms with Crippen LogP contribution >= 0.6 is 12.2 Å². The van der Waals surface area contributed by atoms with Crippen molar-refractivity contribution in [2.24, 2.45) is 0 Å². The number of benzene rings is 2. The van der Waals surface area contributed by atoms with Crippen molar-refractivity contribution >= 4 is 52.3 Å². The first-order valence-corrected chi connectivity index (χ1v) is 9.22. The maximum Gasteiger partial charge on any atom is 0.269 e. The molecule has 0 fully saturated rings. The summed E-state index contributed by atoms with van der Waals surface area (Å²) < 4.78 is 0. The van der Waals surface area contributed by atoms with Gasteiger partial charge in [-0.25, -0.2) is 0 Å². The number of nitrogens with zero attached hydrogens (tertiary/aromatic N) is 1. The molecule has 0 unspecified atom stereocenters. The smallest absolute Gasteiger partial charge is 0.269 e. The fourth-order valence-corrected chi connectivity index (χ4v) is 2.54. The monoisotopic (exact) mass is 412 g/mol. The molecule has 2 rings (SSSR count). The van der Waals surface area contributed by atoms with Gasteiger partial charge in [0.05, 0.1) is 4.92 Å². The Morgan fingerprint density at radius 3 is 2.38 bits per heavy atom. The topological polar surface area (TPSA) is 113 Å². The minimum Gasteiger partial charge on any atom is -0.332 e. The molecule has 2 aromatic carbocycles. The number of carbonyl (C=O) groups excluding carboxylic acids is 2. The molecule has 0 saturated carbocycles. The lowest BCUT2D eigenvalue weighted by Crippen LogP contribution is -2.32. The number of nitro groups is 1. The highest BCUT2D eigenvalue weighted by atomic mass is 32.1. The number of amides is 2. The van der Waals surface area contributed by atoms with Crippen LogP contribution in [0.25, 0.3) is 6.08 Å². The van der Waals surface area contributed by atoms with Crippen LogP contribution in [0.1, 0.15) is 25.3 Å². The van der Waals surface area contributed by atoms with Crippen LogP contribution in [0.15, 0.2) is 54.6 Å². The molecule has 2 aromatic rings. The molecular weight excluding hydrogens is 392 g/mol. The predicted octanol–water partition coefficient (Wildman–Crippen LogP) is 3.86. The Hall–Kier alpha value is -3.59. The van der Waals surface area contributed by atoms with Gasteiger partial charge in [-0.1, -0.05) is 13.0 Å². The average molecular weight is 412 g/mol. The van der Waals surface area contributed by atoms with Gasteiger partial charge in [0.15, 0.2) is 5.11 Å². The lowest BCUT2D eigenvalue weighted by atomic mass is 10.2. The number of nitrogens with one attached hydrogen (secondary N) is 3. The van der Waals surface area contributed by atoms with Gasteiger partial charge in [-0.15, -0.1) is 0 Å². The molecule has 0 radical (unpaired) electrons. The van der Waals surface area contributed by atoms with Gasteiger partial charge in [-0.2, -0.15) is 0 Å². The van der Waals surface area contributed by atoms with Crippen molar-refractivity contribution < 1.29 is 14.5 Å². The second-order valence-electron chi connectivity index (χ2n) is 6.00. The van der Waals surface area contributed by atoms with Crippen LogP contribution in [0.2, 0.25) is 0 Å². The van der Waals surface area contributed by atoms with Crippen LogP contribution in [-0.4, -0.2) is 21.9 Å². The van der Waals surface area contributed by atoms with E-state index in [2.05, 4.69) is 16.0 Å². The fraction of sp³-hybridized carbons (Fsp3) is 0.150. The Kier molecular flexibility index (Phi) is 7.99. The zero-order valence-corrected chi connectivity index (χ0v) is 16.5. The molecule has 0 atom stereocenters. The van der Waals surface area contributed by atoms with E-state index in [1.54, 1.807) is 24.3 Å². The van der Waals surface area contributed by atoms with Crippen LogP contribution < -0.4 is 16.0 Å². The van der Waals surface area contributed by atoms with Gasteiger partial charge in [0.1, 0.15) is 0 Å². The Balaban J connectivity index is 1.89. The summed E-state index contributed by atoms with van der Waals surface area (Å²) in [5.41, 5.74) is 1.86. The number of non-ortho nitro benzene ring substituents is 1. The minimum atomic E-state index is -0.492. The van der Waals surface area contributed by atoms with E-state index in [0.29, 0.717) is 23.4 Å². The standard InChI is InChI=1S/C20H20N4O4S/c1-2-4-18(25)21-15-5-3-6-16(13-15)22-20(29)23-19(26)12-9-14-7-10-17(11-8-14)24(27)28/h3,5-13H,2,4H2,1H3,(H,21,25)(H2,22,23,26,29)/b12-9+. The van der Waals surface area contributed by atoms with Gasteiger partial charge in [0, 0.05) is 36.0 Å². The highest BCUT2D eigenvalue weighted by Gasteiger charge is 2.05. The fourth-order valence-electron chi connectivity index (χ4n) is 2.32. The average Bonchev–Trinajstić information content (AvgIpc) is 2.67. The first-order chi connectivity index (χ1) is 13.9. The van der Waals surface area contributed by atoms with E-state index in [1.165, 1.54) is 36.4 Å². The number of nitro benzene ring substituents is 1. The first kappa shape index (κ1) is 21.7. The number of rotatable bonds is 7. The molecule has 3 N–H and O–H groups in total. The largest absolute Gasteiger partial charge is 0.332 e. The first-order valence-electron chi connectivity index (χ1n) is 8.82. The zero-order valence-electron chi connectivity index (χ0n) is 15.7. The van der Waals surface area contributed by atoms with E-state index in [0.717, 1.165) is 6.42 Å². The van der Waals surface area contributed by atoms with E-state index in [4.69, 9.17) is 12.2 Å². The number of thiocarbonyl (C=S) groups is 1. The summed E-state index contributed by atoms with van der Waals surface area (Å²) in [5.74, 6) is -0.523. The number of anilines is 2. The van der Waals surface area contributed by atoms with E-state index in [9.17, 15) is 19.7 Å². The molecule has 0 aliphatic heterocycles. The van der Waals surface area contributed by atoms with Gasteiger partial charge in [0.25, 0.3) is 5.69 Å². The van der Waals surface area contributed by atoms with E-state index < -0.39 is 10.8 Å². The number of hydrogen-bond donors (Lipinski definition) is 3. The summed E-state index contributed by atoms with van der Waals surface area (Å²) >= 11 is 5.12. The van der Waals surface area contributed by atoms with Gasteiger partial charge < -0.3 is 10.6 Å². The van der Waals surface area contributed by atoms with Crippen molar-refractivity contribution in [2.45, 2.75) is 19.8 Å². The van der Waals surface area contributed by atoms with E-state index in [-0.39, 0.29) is 16.7 Å². The molecule has 0 aliphatic rings. The number of carbonyl (C=O) groups is 2. The summed E-state index contributed by atoms with van der Waals surface area (Å²) in [7, 11) is 0. The highest BCUT2D eigenvalue weighted by molar-refractivity contribution is 7.80. The molecular formula is C20H20N4O4S. The van der Waals surface area contributed by atoms with Crippen molar-refractivity contribution in [3.8, 4) is 0 Å². The van der Waals surface area contributed by atoms with Gasteiger partial charge in [-0.05, 0) is 60.6 Å². The lowest BCUT2D eigenvalue weighted by Gasteiger charge is -2.10. The van der Waals surface area contributed by atoms with Crippen LogP contribution in [0.4, 0.5) is 17.1 Å². The normalized spacial score (nSPS) is 10.4. The molecule has 150 valence electrons. The molecule has 9 heteroatoms. The van der Waals surface area contributed by atoms with Crippen molar-refractivity contribution in [1.29, 1.82) is 0 Å². The molecule has 0 bridgehead atoms. The maximum atomic E-state index is 12.0. The Morgan fingerprint density at radius 1 is 1.10 bits per heavy atom. The summed E-state index contributed by atoms with van der Waals surface area (Å²) in [4.78, 5) is 33.8. The van der Waals surface area contributed by atoms with Crippen molar-refractivity contribution in [3.63, 3.8) is 0 Å². The summed E-state index contributed by atoms with van der Waals surface area (Å²) in [5, 5.41) is 18.9. The molecule has 0 spiro atoms. The zero-order chi connectivity index (χ0) is 21.2. The Bertz CT molecular complexity index is 942. The SMILES string of the molecule is CCCC(=O)Nc1cccc(NC(=S)NC(=O)/C=C/c2ccc([N+](=O)[O-])cc2)c1. The Morgan fingerprint density at radius 2 is 1.76 bits per heavy atom. The molecule has 0 aromatic heterocycles. The van der Waals surface area contributed by atoms with E-state index in [1.807, 2.05) is 6.92 Å². The second-order valence-corrected chi connectivity index (χ2v) is 6.41. The van der Waals surface area contributed by atoms with Gasteiger partial charge in [-0.3, -0.25) is 25.0 Å². The van der Waals surface area contributed by atoms with Crippen molar-refractivity contribution in [1.82, 2.24) is 5.32 Å². The molecule has 2 amide bonds. The number of hydrogen-bond acceptors (Lipinski definition) is 5. The third kappa shape index (κ3) is 7.51. The highest BCUT2D eigenvalue weighted by Crippen LogP contribution is 2.16. The molecule has 0 heterocycles. The third-order valence-corrected chi connectivity index (χ3v) is 3.85. The predicted molar refractivity (Wildman–Crippen MR) is 116 cm³/mol. The molecule has 29 heavy (non-hydrogen) atoms. The van der Waals surface area contributed by atoms with Gasteiger partial charge in [0.2, 0.25) is 11.8 Å². The molecule has 8 nitrogen and oxygen atoms in total. The third-order valence-electron chi connectivity index (χ3n) is 3.65. The minimum absolute atomic E-state index is 0.0231. The summed E-state index contributed by atoms with van der Waals surface area (Å²) in [6.07, 6.45) is 3.99. The van der Waals surface area contributed by atoms with Crippen LogP contribution in [-0.2, 0) is 9.59 Å². The van der Waals surface area contributed by atoms with Crippen LogP contribution in [0.5, 0.6) is 0 Å². The van der Waals surface area contributed by atoms with Gasteiger partial charge >= 0.3 is 0 Å². The van der Waals surface area contributed by atoms with Crippen LogP contribution in [0.3, 0.4) is 0 Å². The summed E-state index contributed by atoms with van der Waals surface area (Å²) in [6.45, 7) is 1.93. The molecule has 0 aliphatic carbocycles. The van der Waals surface area contributed by atoms with Crippen LogP contribution in [0, 0.1) is 10.1 Å². The quantitative estimate of drug-likeness (QED) is 0.275.